The largest absolute Gasteiger partial charge is 0.488 e. The Hall–Kier alpha value is -3.22. The fourth-order valence-electron chi connectivity index (χ4n) is 6.87. The van der Waals surface area contributed by atoms with Gasteiger partial charge in [-0.05, 0) is 72.2 Å². The summed E-state index contributed by atoms with van der Waals surface area (Å²) in [5.41, 5.74) is 13.6. The second-order valence-corrected chi connectivity index (χ2v) is 11.6. The molecule has 0 N–H and O–H groups in total. The minimum absolute atomic E-state index is 0.338. The van der Waals surface area contributed by atoms with Crippen molar-refractivity contribution in [2.24, 2.45) is 0 Å². The molecular formula is C34H32BO4. The Morgan fingerprint density at radius 2 is 0.769 bits per heavy atom. The van der Waals surface area contributed by atoms with E-state index in [1.165, 1.54) is 74.4 Å². The highest BCUT2D eigenvalue weighted by Crippen LogP contribution is 2.52. The van der Waals surface area contributed by atoms with Gasteiger partial charge in [0, 0.05) is 13.2 Å². The van der Waals surface area contributed by atoms with E-state index in [9.17, 15) is 0 Å². The Kier molecular flexibility index (Phi) is 5.83. The molecule has 1 heterocycles. The standard InChI is InChI=1S/C34H32BO4/c1-21-5-9-29-25(13-21)26-14-22(2)6-10-30(26)33(29)17-36-35-37-18-34(20-39-38-19-33)31-11-7-23(3)15-27(31)28-16-24(4)8-12-32(28)34/h5-16H,17-20H2,1-4H3. The van der Waals surface area contributed by atoms with Gasteiger partial charge in [-0.1, -0.05) is 95.1 Å². The topological polar surface area (TPSA) is 36.9 Å². The van der Waals surface area contributed by atoms with Crippen LogP contribution in [0.25, 0.3) is 22.3 Å². The van der Waals surface area contributed by atoms with Crippen LogP contribution in [0.5, 0.6) is 0 Å². The van der Waals surface area contributed by atoms with E-state index in [0.717, 1.165) is 0 Å². The van der Waals surface area contributed by atoms with Crippen molar-refractivity contribution in [3.05, 3.63) is 117 Å². The van der Waals surface area contributed by atoms with Crippen molar-refractivity contribution >= 4 is 7.69 Å². The van der Waals surface area contributed by atoms with Crippen molar-refractivity contribution in [2.45, 2.75) is 38.5 Å². The van der Waals surface area contributed by atoms with Gasteiger partial charge >= 0.3 is 7.69 Å². The van der Waals surface area contributed by atoms with Crippen LogP contribution in [0.15, 0.2) is 72.8 Å². The third kappa shape index (κ3) is 3.75. The maximum absolute atomic E-state index is 6.21. The molecule has 5 heteroatoms. The van der Waals surface area contributed by atoms with Crippen LogP contribution in [0, 0.1) is 27.7 Å². The smallest absolute Gasteiger partial charge is 0.412 e. The molecule has 0 amide bonds. The Labute approximate surface area is 231 Å². The van der Waals surface area contributed by atoms with E-state index in [2.05, 4.69) is 100 Å². The van der Waals surface area contributed by atoms with E-state index in [1.807, 2.05) is 0 Å². The lowest BCUT2D eigenvalue weighted by atomic mass is 9.79. The van der Waals surface area contributed by atoms with Crippen molar-refractivity contribution in [1.82, 2.24) is 0 Å². The molecule has 2 spiro atoms. The summed E-state index contributed by atoms with van der Waals surface area (Å²) < 4.78 is 12.4. The van der Waals surface area contributed by atoms with Gasteiger partial charge in [0.05, 0.1) is 24.0 Å². The van der Waals surface area contributed by atoms with Crippen LogP contribution < -0.4 is 0 Å². The van der Waals surface area contributed by atoms with E-state index in [4.69, 9.17) is 19.1 Å². The summed E-state index contributed by atoms with van der Waals surface area (Å²) in [5.74, 6) is 0. The minimum atomic E-state index is -0.511. The first-order chi connectivity index (χ1) is 18.9. The van der Waals surface area contributed by atoms with E-state index in [1.54, 1.807) is 0 Å². The van der Waals surface area contributed by atoms with Gasteiger partial charge < -0.3 is 9.31 Å². The third-order valence-electron chi connectivity index (χ3n) is 8.83. The van der Waals surface area contributed by atoms with E-state index >= 15 is 0 Å². The molecule has 1 fully saturated rings. The zero-order valence-electron chi connectivity index (χ0n) is 23.0. The van der Waals surface area contributed by atoms with E-state index in [-0.39, 0.29) is 0 Å². The lowest BCUT2D eigenvalue weighted by Crippen LogP contribution is -2.38. The highest BCUT2D eigenvalue weighted by molar-refractivity contribution is 6.18. The van der Waals surface area contributed by atoms with Gasteiger partial charge in [-0.25, -0.2) is 9.78 Å². The molecule has 1 aliphatic heterocycles. The maximum Gasteiger partial charge on any atom is 0.488 e. The summed E-state index contributed by atoms with van der Waals surface area (Å²) in [7, 11) is 1.52. The molecule has 0 unspecified atom stereocenters. The van der Waals surface area contributed by atoms with Crippen LogP contribution in [-0.2, 0) is 29.9 Å². The Morgan fingerprint density at radius 3 is 1.08 bits per heavy atom. The molecule has 4 nitrogen and oxygen atoms in total. The second kappa shape index (κ2) is 9.17. The molecule has 4 aromatic rings. The van der Waals surface area contributed by atoms with E-state index in [0.29, 0.717) is 26.4 Å². The number of aryl methyl sites for hydroxylation is 4. The molecule has 1 saturated heterocycles. The van der Waals surface area contributed by atoms with Crippen molar-refractivity contribution in [1.29, 1.82) is 0 Å². The quantitative estimate of drug-likeness (QED) is 0.193. The van der Waals surface area contributed by atoms with Crippen LogP contribution in [0.4, 0.5) is 0 Å². The number of hydrogen-bond acceptors (Lipinski definition) is 4. The number of fused-ring (bicyclic) bond motifs is 10. The first kappa shape index (κ1) is 24.8. The van der Waals surface area contributed by atoms with Crippen LogP contribution >= 0.6 is 0 Å². The van der Waals surface area contributed by atoms with Crippen molar-refractivity contribution in [3.8, 4) is 22.3 Å². The molecule has 2 aliphatic carbocycles. The van der Waals surface area contributed by atoms with Crippen LogP contribution in [0.3, 0.4) is 0 Å². The Morgan fingerprint density at radius 1 is 0.462 bits per heavy atom. The molecule has 0 saturated carbocycles. The van der Waals surface area contributed by atoms with Gasteiger partial charge in [0.1, 0.15) is 0 Å². The van der Waals surface area contributed by atoms with Crippen molar-refractivity contribution < 1.29 is 19.1 Å². The summed E-state index contributed by atoms with van der Waals surface area (Å²) in [6.45, 7) is 9.99. The summed E-state index contributed by atoms with van der Waals surface area (Å²) in [5, 5.41) is 0. The maximum atomic E-state index is 6.21. The molecule has 4 aromatic carbocycles. The van der Waals surface area contributed by atoms with Gasteiger partial charge in [-0.3, -0.25) is 0 Å². The van der Waals surface area contributed by atoms with Crippen molar-refractivity contribution in [2.75, 3.05) is 26.4 Å². The first-order valence-electron chi connectivity index (χ1n) is 13.7. The lowest BCUT2D eigenvalue weighted by molar-refractivity contribution is -0.309. The van der Waals surface area contributed by atoms with Gasteiger partial charge in [-0.15, -0.1) is 0 Å². The predicted octanol–water partition coefficient (Wildman–Crippen LogP) is 6.68. The monoisotopic (exact) mass is 515 g/mol. The average molecular weight is 515 g/mol. The second-order valence-electron chi connectivity index (χ2n) is 11.6. The summed E-state index contributed by atoms with van der Waals surface area (Å²) >= 11 is 0. The Bertz CT molecular complexity index is 1390. The fraction of sp³-hybridized carbons (Fsp3) is 0.294. The summed E-state index contributed by atoms with van der Waals surface area (Å²) in [4.78, 5) is 12.4. The van der Waals surface area contributed by atoms with Crippen LogP contribution in [0.2, 0.25) is 0 Å². The highest BCUT2D eigenvalue weighted by Gasteiger charge is 2.47. The molecule has 1 radical (unpaired) electrons. The molecule has 3 aliphatic rings. The Balaban J connectivity index is 1.28. The normalized spacial score (nSPS) is 18.6. The van der Waals surface area contributed by atoms with Crippen molar-refractivity contribution in [3.63, 3.8) is 0 Å². The highest BCUT2D eigenvalue weighted by atomic mass is 17.2. The van der Waals surface area contributed by atoms with Gasteiger partial charge in [0.25, 0.3) is 0 Å². The molecule has 39 heavy (non-hydrogen) atoms. The molecule has 0 aromatic heterocycles. The number of rotatable bonds is 0. The number of hydrogen-bond donors (Lipinski definition) is 0. The predicted molar refractivity (Wildman–Crippen MR) is 154 cm³/mol. The van der Waals surface area contributed by atoms with Gasteiger partial charge in [-0.2, -0.15) is 0 Å². The van der Waals surface area contributed by atoms with Gasteiger partial charge in [0.2, 0.25) is 0 Å². The molecule has 0 bridgehead atoms. The summed E-state index contributed by atoms with van der Waals surface area (Å²) in [6, 6.07) is 26.6. The molecule has 0 atom stereocenters. The summed E-state index contributed by atoms with van der Waals surface area (Å²) in [6.07, 6.45) is 0. The first-order valence-corrected chi connectivity index (χ1v) is 13.7. The number of benzene rings is 4. The zero-order chi connectivity index (χ0) is 26.8. The molecule has 7 rings (SSSR count). The third-order valence-corrected chi connectivity index (χ3v) is 8.83. The molecule has 195 valence electrons. The minimum Gasteiger partial charge on any atom is -0.412 e. The van der Waals surface area contributed by atoms with Crippen LogP contribution in [0.1, 0.15) is 44.5 Å². The fourth-order valence-corrected chi connectivity index (χ4v) is 6.87. The SMILES string of the molecule is Cc1ccc2c(c1)-c1cc(C)ccc1C21CO[B]OCC2(COOC1)c1ccc(C)cc1-c1cc(C)ccc12. The van der Waals surface area contributed by atoms with Crippen LogP contribution in [-0.4, -0.2) is 34.1 Å². The lowest BCUT2D eigenvalue weighted by Gasteiger charge is -2.32. The van der Waals surface area contributed by atoms with Gasteiger partial charge in [0.15, 0.2) is 0 Å². The van der Waals surface area contributed by atoms with E-state index < -0.39 is 10.8 Å². The average Bonchev–Trinajstić information content (AvgIpc) is 3.30. The molecular weight excluding hydrogens is 483 g/mol. The zero-order valence-corrected chi connectivity index (χ0v) is 23.0.